The minimum atomic E-state index is 0. The standard InChI is InChI=1S/C20H35N5S.HI/c1-3-18-13-23-19(26-18)9-11-22-20(21-4-2)24-17-10-12-25(15-17)14-16-7-5-6-8-16;/h13,16-17H,3-12,14-15H2,1-2H3,(H2,21,22,24);1H. The van der Waals surface area contributed by atoms with Gasteiger partial charge in [-0.05, 0) is 38.5 Å². The molecule has 7 heteroatoms. The molecule has 1 unspecified atom stereocenters. The highest BCUT2D eigenvalue weighted by atomic mass is 127. The number of aromatic nitrogens is 1. The second kappa shape index (κ2) is 12.2. The SMILES string of the molecule is CCNC(=NCCc1ncc(CC)s1)NC1CCN(CC2CCCC2)C1.I. The molecule has 1 aromatic heterocycles. The van der Waals surface area contributed by atoms with Gasteiger partial charge < -0.3 is 15.5 Å². The van der Waals surface area contributed by atoms with Crippen LogP contribution in [0.15, 0.2) is 11.2 Å². The zero-order valence-corrected chi connectivity index (χ0v) is 20.0. The van der Waals surface area contributed by atoms with Crippen molar-refractivity contribution in [3.05, 3.63) is 16.1 Å². The van der Waals surface area contributed by atoms with E-state index in [-0.39, 0.29) is 24.0 Å². The number of guanidine groups is 1. The Balaban J connectivity index is 0.00000261. The molecule has 0 bridgehead atoms. The van der Waals surface area contributed by atoms with Crippen molar-refractivity contribution < 1.29 is 0 Å². The highest BCUT2D eigenvalue weighted by Crippen LogP contribution is 2.26. The third-order valence-electron chi connectivity index (χ3n) is 5.49. The van der Waals surface area contributed by atoms with Gasteiger partial charge in [0.1, 0.15) is 0 Å². The lowest BCUT2D eigenvalue weighted by Crippen LogP contribution is -2.45. The van der Waals surface area contributed by atoms with Gasteiger partial charge in [0.05, 0.1) is 5.01 Å². The number of halogens is 1. The number of aliphatic imine (C=N–C) groups is 1. The van der Waals surface area contributed by atoms with Crippen molar-refractivity contribution in [1.29, 1.82) is 0 Å². The van der Waals surface area contributed by atoms with Gasteiger partial charge in [-0.1, -0.05) is 19.8 Å². The zero-order valence-electron chi connectivity index (χ0n) is 16.9. The van der Waals surface area contributed by atoms with E-state index in [1.807, 2.05) is 17.5 Å². The van der Waals surface area contributed by atoms with Crippen LogP contribution in [0.1, 0.15) is 55.8 Å². The van der Waals surface area contributed by atoms with Crippen molar-refractivity contribution in [2.75, 3.05) is 32.7 Å². The predicted octanol–water partition coefficient (Wildman–Crippen LogP) is 3.69. The molecule has 0 radical (unpaired) electrons. The molecule has 5 nitrogen and oxygen atoms in total. The molecule has 3 rings (SSSR count). The quantitative estimate of drug-likeness (QED) is 0.322. The van der Waals surface area contributed by atoms with Crippen molar-refractivity contribution in [2.24, 2.45) is 10.9 Å². The summed E-state index contributed by atoms with van der Waals surface area (Å²) in [7, 11) is 0. The maximum absolute atomic E-state index is 4.78. The Morgan fingerprint density at radius 3 is 2.81 bits per heavy atom. The largest absolute Gasteiger partial charge is 0.357 e. The molecular formula is C20H36IN5S. The lowest BCUT2D eigenvalue weighted by atomic mass is 10.1. The molecule has 1 aliphatic heterocycles. The van der Waals surface area contributed by atoms with Gasteiger partial charge in [0, 0.05) is 56.3 Å². The number of hydrogen-bond acceptors (Lipinski definition) is 4. The zero-order chi connectivity index (χ0) is 18.2. The Hall–Kier alpha value is -0.410. The summed E-state index contributed by atoms with van der Waals surface area (Å²) < 4.78 is 0. The maximum atomic E-state index is 4.78. The first-order valence-electron chi connectivity index (χ1n) is 10.5. The second-order valence-electron chi connectivity index (χ2n) is 7.62. The molecular weight excluding hydrogens is 469 g/mol. The molecule has 0 aromatic carbocycles. The Morgan fingerprint density at radius 1 is 1.30 bits per heavy atom. The van der Waals surface area contributed by atoms with E-state index in [2.05, 4.69) is 34.4 Å². The topological polar surface area (TPSA) is 52.6 Å². The molecule has 2 N–H and O–H groups in total. The van der Waals surface area contributed by atoms with Crippen molar-refractivity contribution in [1.82, 2.24) is 20.5 Å². The Labute approximate surface area is 185 Å². The first-order valence-corrected chi connectivity index (χ1v) is 11.3. The average Bonchev–Trinajstić information content (AvgIpc) is 3.38. The van der Waals surface area contributed by atoms with Gasteiger partial charge in [0.25, 0.3) is 0 Å². The fourth-order valence-corrected chi connectivity index (χ4v) is 4.93. The van der Waals surface area contributed by atoms with Gasteiger partial charge in [-0.3, -0.25) is 4.99 Å². The molecule has 0 amide bonds. The van der Waals surface area contributed by atoms with Gasteiger partial charge in [-0.2, -0.15) is 0 Å². The molecule has 1 atom stereocenters. The van der Waals surface area contributed by atoms with E-state index in [9.17, 15) is 0 Å². The number of thiazole rings is 1. The number of aryl methyl sites for hydroxylation is 1. The summed E-state index contributed by atoms with van der Waals surface area (Å²) in [5.74, 6) is 1.91. The number of nitrogens with one attached hydrogen (secondary N) is 2. The highest BCUT2D eigenvalue weighted by Gasteiger charge is 2.26. The van der Waals surface area contributed by atoms with Crippen LogP contribution in [-0.2, 0) is 12.8 Å². The summed E-state index contributed by atoms with van der Waals surface area (Å²) in [5.41, 5.74) is 0. The van der Waals surface area contributed by atoms with E-state index in [0.717, 1.165) is 44.4 Å². The summed E-state index contributed by atoms with van der Waals surface area (Å²) in [6.45, 7) is 9.70. The van der Waals surface area contributed by atoms with Crippen LogP contribution in [0.2, 0.25) is 0 Å². The van der Waals surface area contributed by atoms with Crippen molar-refractivity contribution in [3.8, 4) is 0 Å². The smallest absolute Gasteiger partial charge is 0.191 e. The molecule has 1 aliphatic carbocycles. The van der Waals surface area contributed by atoms with Crippen molar-refractivity contribution >= 4 is 41.3 Å². The molecule has 2 aliphatic rings. The van der Waals surface area contributed by atoms with Crippen LogP contribution in [0.3, 0.4) is 0 Å². The molecule has 1 aromatic rings. The molecule has 1 saturated heterocycles. The van der Waals surface area contributed by atoms with Gasteiger partial charge in [-0.15, -0.1) is 35.3 Å². The molecule has 27 heavy (non-hydrogen) atoms. The number of nitrogens with zero attached hydrogens (tertiary/aromatic N) is 3. The van der Waals surface area contributed by atoms with Crippen LogP contribution < -0.4 is 10.6 Å². The number of hydrogen-bond donors (Lipinski definition) is 2. The van der Waals surface area contributed by atoms with Crippen LogP contribution in [0.4, 0.5) is 0 Å². The molecule has 154 valence electrons. The molecule has 2 heterocycles. The summed E-state index contributed by atoms with van der Waals surface area (Å²) >= 11 is 1.82. The van der Waals surface area contributed by atoms with Crippen LogP contribution in [0.5, 0.6) is 0 Å². The lowest BCUT2D eigenvalue weighted by molar-refractivity contribution is 0.275. The van der Waals surface area contributed by atoms with Gasteiger partial charge in [-0.25, -0.2) is 4.98 Å². The third-order valence-corrected chi connectivity index (χ3v) is 6.70. The normalized spacial score (nSPS) is 21.4. The summed E-state index contributed by atoms with van der Waals surface area (Å²) in [5, 5.41) is 8.26. The van der Waals surface area contributed by atoms with E-state index in [0.29, 0.717) is 6.04 Å². The van der Waals surface area contributed by atoms with Gasteiger partial charge in [0.2, 0.25) is 0 Å². The van der Waals surface area contributed by atoms with Gasteiger partial charge >= 0.3 is 0 Å². The minimum Gasteiger partial charge on any atom is -0.357 e. The van der Waals surface area contributed by atoms with E-state index < -0.39 is 0 Å². The fraction of sp³-hybridized carbons (Fsp3) is 0.800. The first kappa shape index (κ1) is 22.9. The fourth-order valence-electron chi connectivity index (χ4n) is 4.08. The van der Waals surface area contributed by atoms with Gasteiger partial charge in [0.15, 0.2) is 5.96 Å². The van der Waals surface area contributed by atoms with Crippen molar-refractivity contribution in [2.45, 2.75) is 64.8 Å². The predicted molar refractivity (Wildman–Crippen MR) is 127 cm³/mol. The molecule has 1 saturated carbocycles. The Kier molecular flexibility index (Phi) is 10.3. The van der Waals surface area contributed by atoms with E-state index in [1.165, 1.54) is 55.1 Å². The monoisotopic (exact) mass is 505 g/mol. The second-order valence-corrected chi connectivity index (χ2v) is 8.82. The van der Waals surface area contributed by atoms with E-state index >= 15 is 0 Å². The summed E-state index contributed by atoms with van der Waals surface area (Å²) in [4.78, 5) is 13.3. The first-order chi connectivity index (χ1) is 12.8. The molecule has 2 fully saturated rings. The van der Waals surface area contributed by atoms with Crippen LogP contribution in [0, 0.1) is 5.92 Å². The lowest BCUT2D eigenvalue weighted by Gasteiger charge is -2.21. The summed E-state index contributed by atoms with van der Waals surface area (Å²) in [6.07, 6.45) is 11.0. The van der Waals surface area contributed by atoms with E-state index in [4.69, 9.17) is 4.99 Å². The van der Waals surface area contributed by atoms with Crippen LogP contribution in [-0.4, -0.2) is 54.6 Å². The van der Waals surface area contributed by atoms with Crippen LogP contribution >= 0.6 is 35.3 Å². The molecule has 0 spiro atoms. The number of likely N-dealkylation sites (tertiary alicyclic amines) is 1. The Morgan fingerprint density at radius 2 is 2.11 bits per heavy atom. The van der Waals surface area contributed by atoms with E-state index in [1.54, 1.807) is 0 Å². The highest BCUT2D eigenvalue weighted by molar-refractivity contribution is 14.0. The third kappa shape index (κ3) is 7.49. The maximum Gasteiger partial charge on any atom is 0.191 e. The minimum absolute atomic E-state index is 0. The van der Waals surface area contributed by atoms with Crippen LogP contribution in [0.25, 0.3) is 0 Å². The number of rotatable bonds is 8. The average molecular weight is 506 g/mol. The van der Waals surface area contributed by atoms with Crippen molar-refractivity contribution in [3.63, 3.8) is 0 Å². The Bertz CT molecular complexity index is 570. The summed E-state index contributed by atoms with van der Waals surface area (Å²) in [6, 6.07) is 0.528.